The first-order chi connectivity index (χ1) is 11.1. The summed E-state index contributed by atoms with van der Waals surface area (Å²) in [7, 11) is 0. The maximum absolute atomic E-state index is 12.8. The second-order valence-corrected chi connectivity index (χ2v) is 5.03. The molecule has 7 nitrogen and oxygen atoms in total. The highest BCUT2D eigenvalue weighted by Gasteiger charge is 2.34. The van der Waals surface area contributed by atoms with Crippen molar-refractivity contribution in [2.45, 2.75) is 19.6 Å². The van der Waals surface area contributed by atoms with Gasteiger partial charge in [0, 0.05) is 12.2 Å². The highest BCUT2D eigenvalue weighted by Crippen LogP contribution is 2.36. The Labute approximate surface area is 138 Å². The Bertz CT molecular complexity index is 804. The number of alkyl halides is 3. The van der Waals surface area contributed by atoms with Gasteiger partial charge in [0.15, 0.2) is 0 Å². The lowest BCUT2D eigenvalue weighted by Gasteiger charge is -2.11. The van der Waals surface area contributed by atoms with E-state index in [9.17, 15) is 28.1 Å². The number of carbonyl (C=O) groups excluding carboxylic acids is 1. The molecule has 0 aliphatic carbocycles. The Hall–Kier alpha value is -2.62. The summed E-state index contributed by atoms with van der Waals surface area (Å²) in [6.07, 6.45) is -3.63. The predicted molar refractivity (Wildman–Crippen MR) is 79.0 cm³/mol. The van der Waals surface area contributed by atoms with Crippen molar-refractivity contribution < 1.29 is 22.9 Å². The molecule has 2 aromatic rings. The number of rotatable bonds is 4. The molecule has 1 aromatic heterocycles. The number of halogens is 4. The Kier molecular flexibility index (Phi) is 4.78. The molecule has 0 spiro atoms. The third-order valence-corrected chi connectivity index (χ3v) is 3.34. The molecule has 11 heteroatoms. The number of aromatic nitrogens is 2. The number of carbonyl (C=O) groups is 1. The highest BCUT2D eigenvalue weighted by atomic mass is 35.5. The van der Waals surface area contributed by atoms with E-state index >= 15 is 0 Å². The van der Waals surface area contributed by atoms with E-state index in [1.165, 1.54) is 4.68 Å². The predicted octanol–water partition coefficient (Wildman–Crippen LogP) is 3.74. The summed E-state index contributed by atoms with van der Waals surface area (Å²) < 4.78 is 39.6. The van der Waals surface area contributed by atoms with Crippen molar-refractivity contribution in [1.82, 2.24) is 9.78 Å². The summed E-state index contributed by atoms with van der Waals surface area (Å²) in [5.74, 6) is -0.996. The zero-order valence-corrected chi connectivity index (χ0v) is 12.9. The third-order valence-electron chi connectivity index (χ3n) is 3.01. The Morgan fingerprint density at radius 1 is 1.46 bits per heavy atom. The first-order valence-electron chi connectivity index (χ1n) is 6.53. The minimum atomic E-state index is -4.70. The second-order valence-electron chi connectivity index (χ2n) is 4.62. The fourth-order valence-corrected chi connectivity index (χ4v) is 2.10. The molecule has 0 radical (unpaired) electrons. The van der Waals surface area contributed by atoms with Crippen molar-refractivity contribution in [2.24, 2.45) is 0 Å². The summed E-state index contributed by atoms with van der Waals surface area (Å²) in [6, 6.07) is 2.76. The largest absolute Gasteiger partial charge is 0.417 e. The molecule has 0 bridgehead atoms. The molecular formula is C13H10ClF3N4O3. The van der Waals surface area contributed by atoms with Crippen molar-refractivity contribution in [1.29, 1.82) is 0 Å². The summed E-state index contributed by atoms with van der Waals surface area (Å²) in [6.45, 7) is 1.94. The lowest BCUT2D eigenvalue weighted by atomic mass is 10.2. The van der Waals surface area contributed by atoms with Gasteiger partial charge >= 0.3 is 11.9 Å². The summed E-state index contributed by atoms with van der Waals surface area (Å²) >= 11 is 5.49. The van der Waals surface area contributed by atoms with E-state index in [0.717, 1.165) is 18.3 Å². The van der Waals surface area contributed by atoms with Gasteiger partial charge in [0.25, 0.3) is 5.91 Å². The van der Waals surface area contributed by atoms with Crippen molar-refractivity contribution >= 4 is 28.9 Å². The van der Waals surface area contributed by atoms with Gasteiger partial charge < -0.3 is 5.32 Å². The van der Waals surface area contributed by atoms with Gasteiger partial charge in [0.2, 0.25) is 5.69 Å². The molecule has 0 fully saturated rings. The number of nitrogens with zero attached hydrogens (tertiary/aromatic N) is 3. The Balaban J connectivity index is 2.34. The first kappa shape index (κ1) is 17.7. The average Bonchev–Trinajstić information content (AvgIpc) is 2.92. The molecule has 1 heterocycles. The van der Waals surface area contributed by atoms with Crippen molar-refractivity contribution in [2.75, 3.05) is 5.32 Å². The van der Waals surface area contributed by atoms with Crippen LogP contribution in [0.4, 0.5) is 24.5 Å². The lowest BCUT2D eigenvalue weighted by molar-refractivity contribution is -0.385. The van der Waals surface area contributed by atoms with Crippen LogP contribution in [0.25, 0.3) is 0 Å². The van der Waals surface area contributed by atoms with Gasteiger partial charge in [-0.3, -0.25) is 19.6 Å². The highest BCUT2D eigenvalue weighted by molar-refractivity contribution is 6.31. The van der Waals surface area contributed by atoms with Crippen LogP contribution < -0.4 is 5.32 Å². The van der Waals surface area contributed by atoms with Gasteiger partial charge in [0.1, 0.15) is 6.20 Å². The van der Waals surface area contributed by atoms with Crippen LogP contribution in [-0.2, 0) is 12.7 Å². The van der Waals surface area contributed by atoms with Crippen LogP contribution in [0.5, 0.6) is 0 Å². The molecule has 24 heavy (non-hydrogen) atoms. The van der Waals surface area contributed by atoms with Crippen molar-refractivity contribution in [3.05, 3.63) is 50.8 Å². The van der Waals surface area contributed by atoms with Crippen LogP contribution >= 0.6 is 11.6 Å². The van der Waals surface area contributed by atoms with E-state index in [-0.39, 0.29) is 12.2 Å². The van der Waals surface area contributed by atoms with E-state index in [4.69, 9.17) is 11.6 Å². The van der Waals surface area contributed by atoms with Crippen LogP contribution in [-0.4, -0.2) is 20.6 Å². The van der Waals surface area contributed by atoms with E-state index in [1.54, 1.807) is 6.92 Å². The van der Waals surface area contributed by atoms with Crippen LogP contribution in [0.2, 0.25) is 5.02 Å². The topological polar surface area (TPSA) is 90.1 Å². The number of benzene rings is 1. The normalized spacial score (nSPS) is 11.4. The Morgan fingerprint density at radius 3 is 2.67 bits per heavy atom. The Morgan fingerprint density at radius 2 is 2.12 bits per heavy atom. The molecule has 2 rings (SSSR count). The van der Waals surface area contributed by atoms with Crippen molar-refractivity contribution in [3.8, 4) is 0 Å². The van der Waals surface area contributed by atoms with Gasteiger partial charge in [-0.1, -0.05) is 11.6 Å². The number of hydrogen-bond donors (Lipinski definition) is 1. The number of amides is 1. The quantitative estimate of drug-likeness (QED) is 0.662. The fraction of sp³-hybridized carbons (Fsp3) is 0.231. The molecule has 1 amide bonds. The minimum absolute atomic E-state index is 0.211. The number of anilines is 1. The molecule has 1 N–H and O–H groups in total. The van der Waals surface area contributed by atoms with Gasteiger partial charge in [-0.15, -0.1) is 0 Å². The smallest absolute Gasteiger partial charge is 0.320 e. The maximum Gasteiger partial charge on any atom is 0.417 e. The van der Waals surface area contributed by atoms with E-state index < -0.39 is 39.0 Å². The molecule has 0 aliphatic rings. The molecule has 0 atom stereocenters. The molecule has 1 aromatic carbocycles. The van der Waals surface area contributed by atoms with Crippen LogP contribution in [0.3, 0.4) is 0 Å². The SMILES string of the molecule is CCn1cc([N+](=O)[O-])c(C(=O)Nc2ccc(Cl)c(C(F)(F)F)c2)n1. The zero-order valence-electron chi connectivity index (χ0n) is 12.1. The molecule has 0 unspecified atom stereocenters. The number of nitrogens with one attached hydrogen (secondary N) is 1. The summed E-state index contributed by atoms with van der Waals surface area (Å²) in [4.78, 5) is 22.3. The monoisotopic (exact) mass is 362 g/mol. The van der Waals surface area contributed by atoms with E-state index in [0.29, 0.717) is 6.07 Å². The summed E-state index contributed by atoms with van der Waals surface area (Å²) in [5, 5.41) is 16.3. The van der Waals surface area contributed by atoms with Gasteiger partial charge in [0.05, 0.1) is 15.5 Å². The van der Waals surface area contributed by atoms with E-state index in [1.807, 2.05) is 0 Å². The molecule has 0 saturated heterocycles. The molecular weight excluding hydrogens is 353 g/mol. The standard InChI is InChI=1S/C13H10ClF3N4O3/c1-2-20-6-10(21(23)24)11(19-20)12(22)18-7-3-4-9(14)8(5-7)13(15,16)17/h3-6H,2H2,1H3,(H,18,22). The van der Waals surface area contributed by atoms with Gasteiger partial charge in [-0.25, -0.2) is 0 Å². The van der Waals surface area contributed by atoms with Gasteiger partial charge in [-0.2, -0.15) is 18.3 Å². The maximum atomic E-state index is 12.8. The minimum Gasteiger partial charge on any atom is -0.320 e. The average molecular weight is 363 g/mol. The van der Waals surface area contributed by atoms with Crippen LogP contribution in [0.1, 0.15) is 23.0 Å². The number of nitro groups is 1. The van der Waals surface area contributed by atoms with Crippen LogP contribution in [0, 0.1) is 10.1 Å². The fourth-order valence-electron chi connectivity index (χ4n) is 1.88. The second kappa shape index (κ2) is 6.48. The van der Waals surface area contributed by atoms with Crippen molar-refractivity contribution in [3.63, 3.8) is 0 Å². The van der Waals surface area contributed by atoms with Crippen LogP contribution in [0.15, 0.2) is 24.4 Å². The first-order valence-corrected chi connectivity index (χ1v) is 6.91. The molecule has 0 aliphatic heterocycles. The van der Waals surface area contributed by atoms with E-state index in [2.05, 4.69) is 10.4 Å². The molecule has 128 valence electrons. The third kappa shape index (κ3) is 3.65. The van der Waals surface area contributed by atoms with Gasteiger partial charge in [-0.05, 0) is 25.1 Å². The number of hydrogen-bond acceptors (Lipinski definition) is 4. The lowest BCUT2D eigenvalue weighted by Crippen LogP contribution is -2.15. The number of aryl methyl sites for hydroxylation is 1. The molecule has 0 saturated carbocycles. The summed E-state index contributed by atoms with van der Waals surface area (Å²) in [5.41, 5.74) is -2.38. The zero-order chi connectivity index (χ0) is 18.1.